The van der Waals surface area contributed by atoms with Gasteiger partial charge in [0.2, 0.25) is 0 Å². The average Bonchev–Trinajstić information content (AvgIpc) is 3.17. The van der Waals surface area contributed by atoms with Crippen molar-refractivity contribution in [1.82, 2.24) is 4.98 Å². The molecule has 2 aromatic carbocycles. The number of H-pyrrole nitrogens is 1. The molecule has 0 aliphatic carbocycles. The Balaban J connectivity index is 1.67. The van der Waals surface area contributed by atoms with E-state index in [2.05, 4.69) is 4.98 Å². The smallest absolute Gasteiger partial charge is 0.270 e. The van der Waals surface area contributed by atoms with Gasteiger partial charge in [-0.15, -0.1) is 0 Å². The monoisotopic (exact) mass is 364 g/mol. The molecule has 1 saturated heterocycles. The van der Waals surface area contributed by atoms with Crippen LogP contribution in [0.1, 0.15) is 10.4 Å². The number of nitrogens with zero attached hydrogens (tertiary/aromatic N) is 1. The van der Waals surface area contributed by atoms with Gasteiger partial charge in [-0.05, 0) is 18.2 Å². The lowest BCUT2D eigenvalue weighted by Crippen LogP contribution is -2.27. The average molecular weight is 364 g/mol. The van der Waals surface area contributed by atoms with Crippen LogP contribution in [0.2, 0.25) is 0 Å². The molecule has 25 heavy (non-hydrogen) atoms. The largest absolute Gasteiger partial charge is 0.360 e. The lowest BCUT2D eigenvalue weighted by Gasteiger charge is -2.13. The molecule has 1 aromatic heterocycles. The quantitative estimate of drug-likeness (QED) is 0.428. The van der Waals surface area contributed by atoms with Crippen LogP contribution in [-0.2, 0) is 4.79 Å². The third-order valence-corrected chi connectivity index (χ3v) is 5.23. The summed E-state index contributed by atoms with van der Waals surface area (Å²) < 4.78 is 0.425. The number of rotatable bonds is 3. The fourth-order valence-corrected chi connectivity index (χ4v) is 4.01. The van der Waals surface area contributed by atoms with Crippen molar-refractivity contribution in [2.24, 2.45) is 0 Å². The summed E-state index contributed by atoms with van der Waals surface area (Å²) >= 11 is 6.46. The lowest BCUT2D eigenvalue weighted by molar-refractivity contribution is -0.113. The zero-order chi connectivity index (χ0) is 17.4. The van der Waals surface area contributed by atoms with Crippen molar-refractivity contribution in [3.05, 3.63) is 77.3 Å². The number of thiocarbonyl (C=S) groups is 1. The van der Waals surface area contributed by atoms with Crippen LogP contribution in [0.25, 0.3) is 10.9 Å². The number of hydrogen-bond donors (Lipinski definition) is 1. The van der Waals surface area contributed by atoms with Gasteiger partial charge in [0.15, 0.2) is 10.1 Å². The molecule has 4 rings (SSSR count). The molecular formula is C19H12N2O2S2. The van der Waals surface area contributed by atoms with Gasteiger partial charge in [-0.3, -0.25) is 14.5 Å². The molecule has 0 saturated carbocycles. The predicted molar refractivity (Wildman–Crippen MR) is 105 cm³/mol. The summed E-state index contributed by atoms with van der Waals surface area (Å²) in [6, 6.07) is 16.7. The Labute approximate surface area is 153 Å². The molecule has 0 atom stereocenters. The molecule has 0 radical (unpaired) electrons. The molecule has 1 aliphatic rings. The van der Waals surface area contributed by atoms with Gasteiger partial charge in [0.25, 0.3) is 5.91 Å². The third kappa shape index (κ3) is 2.79. The first kappa shape index (κ1) is 15.8. The fourth-order valence-electron chi connectivity index (χ4n) is 2.74. The van der Waals surface area contributed by atoms with Gasteiger partial charge in [-0.1, -0.05) is 60.4 Å². The second-order valence-electron chi connectivity index (χ2n) is 5.46. The van der Waals surface area contributed by atoms with Crippen LogP contribution in [0.3, 0.4) is 0 Å². The van der Waals surface area contributed by atoms with E-state index >= 15 is 0 Å². The minimum absolute atomic E-state index is 0.217. The van der Waals surface area contributed by atoms with E-state index in [9.17, 15) is 9.59 Å². The maximum absolute atomic E-state index is 12.7. The van der Waals surface area contributed by atoms with Crippen LogP contribution >= 0.6 is 24.0 Å². The number of hydrogen-bond acceptors (Lipinski definition) is 4. The molecule has 2 heterocycles. The molecule has 122 valence electrons. The summed E-state index contributed by atoms with van der Waals surface area (Å²) in [5, 5.41) is 0.835. The van der Waals surface area contributed by atoms with E-state index < -0.39 is 0 Å². The van der Waals surface area contributed by atoms with Crippen molar-refractivity contribution < 1.29 is 9.59 Å². The molecule has 0 unspecified atom stereocenters. The molecule has 1 N–H and O–H groups in total. The van der Waals surface area contributed by atoms with Crippen LogP contribution < -0.4 is 4.90 Å². The van der Waals surface area contributed by atoms with Gasteiger partial charge >= 0.3 is 0 Å². The summed E-state index contributed by atoms with van der Waals surface area (Å²) in [6.07, 6.45) is 3.04. The molecule has 0 spiro atoms. The Morgan fingerprint density at radius 3 is 2.60 bits per heavy atom. The summed E-state index contributed by atoms with van der Waals surface area (Å²) in [4.78, 5) is 30.2. The minimum atomic E-state index is -0.269. The molecular weight excluding hydrogens is 352 g/mol. The van der Waals surface area contributed by atoms with E-state index in [-0.39, 0.29) is 11.7 Å². The zero-order valence-electron chi connectivity index (χ0n) is 12.9. The van der Waals surface area contributed by atoms with Crippen LogP contribution in [0.4, 0.5) is 5.69 Å². The number of carbonyl (C=O) groups excluding carboxylic acids is 2. The molecule has 0 bridgehead atoms. The van der Waals surface area contributed by atoms with Crippen LogP contribution in [-0.4, -0.2) is 21.0 Å². The van der Waals surface area contributed by atoms with E-state index in [1.807, 2.05) is 54.6 Å². The number of para-hydroxylation sites is 2. The Morgan fingerprint density at radius 2 is 1.80 bits per heavy atom. The van der Waals surface area contributed by atoms with Gasteiger partial charge < -0.3 is 4.98 Å². The number of aromatic nitrogens is 1. The van der Waals surface area contributed by atoms with Crippen LogP contribution in [0, 0.1) is 0 Å². The lowest BCUT2D eigenvalue weighted by atomic mass is 10.1. The van der Waals surface area contributed by atoms with Crippen molar-refractivity contribution in [1.29, 1.82) is 0 Å². The number of carbonyl (C=O) groups is 2. The third-order valence-electron chi connectivity index (χ3n) is 3.93. The number of benzene rings is 2. The Bertz CT molecular complexity index is 1040. The SMILES string of the molecule is O=C(C=C1SC(=S)N(c2ccccc2)C1=O)c1c[nH]c2ccccc12. The molecule has 1 amide bonds. The van der Waals surface area contributed by atoms with Crippen LogP contribution in [0.15, 0.2) is 71.8 Å². The minimum Gasteiger partial charge on any atom is -0.360 e. The number of amides is 1. The van der Waals surface area contributed by atoms with Crippen molar-refractivity contribution >= 4 is 56.6 Å². The van der Waals surface area contributed by atoms with Gasteiger partial charge in [0.1, 0.15) is 0 Å². The van der Waals surface area contributed by atoms with Crippen molar-refractivity contribution in [2.75, 3.05) is 4.90 Å². The van der Waals surface area contributed by atoms with E-state index in [4.69, 9.17) is 12.2 Å². The number of anilines is 1. The number of nitrogens with one attached hydrogen (secondary N) is 1. The first-order valence-electron chi connectivity index (χ1n) is 7.58. The summed E-state index contributed by atoms with van der Waals surface area (Å²) in [5.74, 6) is -0.486. The standard InChI is InChI=1S/C19H12N2O2S2/c22-16(14-11-20-15-9-5-4-8-13(14)15)10-17-18(23)21(19(24)25-17)12-6-2-1-3-7-12/h1-11,20H. The highest BCUT2D eigenvalue weighted by molar-refractivity contribution is 8.27. The number of thioether (sulfide) groups is 1. The number of fused-ring (bicyclic) bond motifs is 1. The molecule has 3 aromatic rings. The van der Waals surface area contributed by atoms with Crippen molar-refractivity contribution in [3.8, 4) is 0 Å². The highest BCUT2D eigenvalue weighted by Crippen LogP contribution is 2.35. The predicted octanol–water partition coefficient (Wildman–Crippen LogP) is 4.30. The summed E-state index contributed by atoms with van der Waals surface area (Å²) in [6.45, 7) is 0. The van der Waals surface area contributed by atoms with Crippen molar-refractivity contribution in [3.63, 3.8) is 0 Å². The highest BCUT2D eigenvalue weighted by atomic mass is 32.2. The topological polar surface area (TPSA) is 53.2 Å². The van der Waals surface area contributed by atoms with E-state index in [1.165, 1.54) is 11.0 Å². The van der Waals surface area contributed by atoms with Crippen molar-refractivity contribution in [2.45, 2.75) is 0 Å². The number of allylic oxidation sites excluding steroid dienone is 1. The number of aromatic amines is 1. The maximum atomic E-state index is 12.7. The Hall–Kier alpha value is -2.70. The summed E-state index contributed by atoms with van der Waals surface area (Å²) in [5.41, 5.74) is 2.13. The second kappa shape index (κ2) is 6.31. The van der Waals surface area contributed by atoms with Gasteiger partial charge in [0.05, 0.1) is 10.6 Å². The first-order chi connectivity index (χ1) is 12.1. The van der Waals surface area contributed by atoms with Gasteiger partial charge in [-0.2, -0.15) is 0 Å². The first-order valence-corrected chi connectivity index (χ1v) is 8.81. The van der Waals surface area contributed by atoms with Gasteiger partial charge in [-0.25, -0.2) is 0 Å². The highest BCUT2D eigenvalue weighted by Gasteiger charge is 2.33. The van der Waals surface area contributed by atoms with E-state index in [0.717, 1.165) is 22.7 Å². The van der Waals surface area contributed by atoms with E-state index in [0.29, 0.717) is 20.5 Å². The molecule has 1 aliphatic heterocycles. The molecule has 6 heteroatoms. The second-order valence-corrected chi connectivity index (χ2v) is 7.14. The van der Waals surface area contributed by atoms with E-state index in [1.54, 1.807) is 6.20 Å². The zero-order valence-corrected chi connectivity index (χ0v) is 14.6. The summed E-state index contributed by atoms with van der Waals surface area (Å²) in [7, 11) is 0. The fraction of sp³-hybridized carbons (Fsp3) is 0. The maximum Gasteiger partial charge on any atom is 0.270 e. The molecule has 4 nitrogen and oxygen atoms in total. The Kier molecular flexibility index (Phi) is 3.99. The number of ketones is 1. The van der Waals surface area contributed by atoms with Crippen LogP contribution in [0.5, 0.6) is 0 Å². The Morgan fingerprint density at radius 1 is 1.08 bits per heavy atom. The molecule has 1 fully saturated rings. The normalized spacial score (nSPS) is 16.2. The van der Waals surface area contributed by atoms with Gasteiger partial charge in [0, 0.05) is 28.7 Å².